The molecule has 1 N–H and O–H groups in total. The highest BCUT2D eigenvalue weighted by atomic mass is 19.1. The van der Waals surface area contributed by atoms with Gasteiger partial charge in [-0.2, -0.15) is 4.68 Å². The first kappa shape index (κ1) is 15.7. The highest BCUT2D eigenvalue weighted by Crippen LogP contribution is 2.15. The van der Waals surface area contributed by atoms with Crippen LogP contribution in [0.5, 0.6) is 0 Å². The van der Waals surface area contributed by atoms with Gasteiger partial charge in [-0.1, -0.05) is 41.5 Å². The zero-order chi connectivity index (χ0) is 17.1. The summed E-state index contributed by atoms with van der Waals surface area (Å²) in [6.45, 7) is 4.25. The van der Waals surface area contributed by atoms with E-state index < -0.39 is 0 Å². The summed E-state index contributed by atoms with van der Waals surface area (Å²) in [5, 5.41) is 12.2. The maximum absolute atomic E-state index is 13.8. The maximum atomic E-state index is 13.8. The zero-order valence-electron chi connectivity index (χ0n) is 13.8. The number of para-hydroxylation sites is 1. The molecule has 128 valence electrons. The molecule has 25 heavy (non-hydrogen) atoms. The summed E-state index contributed by atoms with van der Waals surface area (Å²) in [6.07, 6.45) is 0. The van der Waals surface area contributed by atoms with Crippen molar-refractivity contribution in [1.82, 2.24) is 20.2 Å². The third-order valence-corrected chi connectivity index (χ3v) is 4.61. The van der Waals surface area contributed by atoms with Crippen LogP contribution in [0.15, 0.2) is 54.6 Å². The second kappa shape index (κ2) is 6.98. The summed E-state index contributed by atoms with van der Waals surface area (Å²) in [4.78, 5) is 3.57. The SMILES string of the molecule is Fc1ccccc1C[NH+]1CCN(c2nnnn2-c2ccccc2)CC1. The average molecular weight is 339 g/mol. The molecule has 1 fully saturated rings. The Hall–Kier alpha value is -2.80. The van der Waals surface area contributed by atoms with E-state index in [-0.39, 0.29) is 5.82 Å². The minimum Gasteiger partial charge on any atom is -0.328 e. The standard InChI is InChI=1S/C18H19FN6/c19-17-9-5-4-6-15(17)14-23-10-12-24(13-11-23)18-20-21-22-25(18)16-7-2-1-3-8-16/h1-9H,10-14H2/p+1. The van der Waals surface area contributed by atoms with Crippen LogP contribution >= 0.6 is 0 Å². The summed E-state index contributed by atoms with van der Waals surface area (Å²) >= 11 is 0. The molecule has 0 atom stereocenters. The predicted molar refractivity (Wildman–Crippen MR) is 92.2 cm³/mol. The Kier molecular flexibility index (Phi) is 4.39. The van der Waals surface area contributed by atoms with Crippen molar-refractivity contribution in [1.29, 1.82) is 0 Å². The lowest BCUT2D eigenvalue weighted by molar-refractivity contribution is -0.914. The molecule has 6 nitrogen and oxygen atoms in total. The first-order chi connectivity index (χ1) is 12.3. The molecule has 0 saturated carbocycles. The Morgan fingerprint density at radius 3 is 2.44 bits per heavy atom. The van der Waals surface area contributed by atoms with E-state index in [1.165, 1.54) is 11.0 Å². The zero-order valence-corrected chi connectivity index (χ0v) is 13.8. The molecule has 0 amide bonds. The number of tetrazole rings is 1. The number of aromatic nitrogens is 4. The summed E-state index contributed by atoms with van der Waals surface area (Å²) in [7, 11) is 0. The molecule has 1 saturated heterocycles. The van der Waals surface area contributed by atoms with Gasteiger partial charge in [-0.05, 0) is 28.6 Å². The van der Waals surface area contributed by atoms with Gasteiger partial charge >= 0.3 is 0 Å². The number of hydrogen-bond donors (Lipinski definition) is 1. The molecule has 2 heterocycles. The van der Waals surface area contributed by atoms with Gasteiger partial charge in [0.15, 0.2) is 0 Å². The largest absolute Gasteiger partial charge is 0.328 e. The average Bonchev–Trinajstić information content (AvgIpc) is 3.15. The number of rotatable bonds is 4. The Morgan fingerprint density at radius 1 is 0.960 bits per heavy atom. The van der Waals surface area contributed by atoms with Crippen LogP contribution in [-0.2, 0) is 6.54 Å². The molecular weight excluding hydrogens is 319 g/mol. The van der Waals surface area contributed by atoms with E-state index in [0.717, 1.165) is 43.4 Å². The fourth-order valence-corrected chi connectivity index (χ4v) is 3.23. The van der Waals surface area contributed by atoms with Crippen LogP contribution in [-0.4, -0.2) is 46.4 Å². The molecule has 3 aromatic rings. The molecule has 0 bridgehead atoms. The van der Waals surface area contributed by atoms with E-state index in [1.807, 2.05) is 42.5 Å². The fraction of sp³-hybridized carbons (Fsp3) is 0.278. The van der Waals surface area contributed by atoms with Crippen molar-refractivity contribution in [3.05, 3.63) is 66.0 Å². The topological polar surface area (TPSA) is 51.3 Å². The second-order valence-corrected chi connectivity index (χ2v) is 6.23. The fourth-order valence-electron chi connectivity index (χ4n) is 3.23. The molecule has 1 aliphatic heterocycles. The molecule has 0 spiro atoms. The molecule has 0 radical (unpaired) electrons. The van der Waals surface area contributed by atoms with Gasteiger partial charge in [-0.15, -0.1) is 0 Å². The first-order valence-corrected chi connectivity index (χ1v) is 8.47. The minimum atomic E-state index is -0.120. The van der Waals surface area contributed by atoms with Crippen molar-refractivity contribution in [2.45, 2.75) is 6.54 Å². The quantitative estimate of drug-likeness (QED) is 0.761. The summed E-state index contributed by atoms with van der Waals surface area (Å²) < 4.78 is 15.6. The molecule has 4 rings (SSSR count). The molecule has 2 aromatic carbocycles. The van der Waals surface area contributed by atoms with Crippen LogP contribution in [0, 0.1) is 5.82 Å². The van der Waals surface area contributed by atoms with Crippen molar-refractivity contribution in [3.63, 3.8) is 0 Å². The lowest BCUT2D eigenvalue weighted by atomic mass is 10.2. The van der Waals surface area contributed by atoms with Gasteiger partial charge in [0.25, 0.3) is 5.95 Å². The Morgan fingerprint density at radius 2 is 1.68 bits per heavy atom. The number of piperazine rings is 1. The number of anilines is 1. The highest BCUT2D eigenvalue weighted by molar-refractivity contribution is 5.40. The van der Waals surface area contributed by atoms with E-state index in [9.17, 15) is 4.39 Å². The van der Waals surface area contributed by atoms with Crippen LogP contribution in [0.1, 0.15) is 5.56 Å². The van der Waals surface area contributed by atoms with Gasteiger partial charge in [0.05, 0.1) is 31.9 Å². The number of halogens is 1. The molecule has 1 aliphatic rings. The van der Waals surface area contributed by atoms with E-state index in [1.54, 1.807) is 10.7 Å². The normalized spacial score (nSPS) is 15.5. The number of benzene rings is 2. The smallest absolute Gasteiger partial charge is 0.250 e. The van der Waals surface area contributed by atoms with Gasteiger partial charge in [0.1, 0.15) is 12.4 Å². The van der Waals surface area contributed by atoms with Crippen molar-refractivity contribution < 1.29 is 9.29 Å². The third-order valence-electron chi connectivity index (χ3n) is 4.61. The van der Waals surface area contributed by atoms with Gasteiger partial charge < -0.3 is 9.80 Å². The molecule has 1 aromatic heterocycles. The van der Waals surface area contributed by atoms with Crippen LogP contribution in [0.2, 0.25) is 0 Å². The van der Waals surface area contributed by atoms with E-state index in [0.29, 0.717) is 6.54 Å². The second-order valence-electron chi connectivity index (χ2n) is 6.23. The number of quaternary nitrogens is 1. The summed E-state index contributed by atoms with van der Waals surface area (Å²) in [5.41, 5.74) is 1.73. The van der Waals surface area contributed by atoms with Crippen molar-refractivity contribution >= 4 is 5.95 Å². The lowest BCUT2D eigenvalue weighted by Crippen LogP contribution is -3.13. The van der Waals surface area contributed by atoms with E-state index >= 15 is 0 Å². The molecule has 0 unspecified atom stereocenters. The number of hydrogen-bond acceptors (Lipinski definition) is 4. The van der Waals surface area contributed by atoms with Crippen LogP contribution < -0.4 is 9.80 Å². The van der Waals surface area contributed by atoms with Gasteiger partial charge in [-0.3, -0.25) is 0 Å². The van der Waals surface area contributed by atoms with Crippen LogP contribution in [0.3, 0.4) is 0 Å². The van der Waals surface area contributed by atoms with Crippen molar-refractivity contribution in [3.8, 4) is 5.69 Å². The number of nitrogens with one attached hydrogen (secondary N) is 1. The molecular formula is C18H20FN6+. The Bertz CT molecular complexity index is 826. The Balaban J connectivity index is 1.43. The molecule has 0 aliphatic carbocycles. The Labute approximate surface area is 145 Å². The van der Waals surface area contributed by atoms with Gasteiger partial charge in [-0.25, -0.2) is 4.39 Å². The summed E-state index contributed by atoms with van der Waals surface area (Å²) in [5.74, 6) is 0.640. The van der Waals surface area contributed by atoms with Gasteiger partial charge in [0.2, 0.25) is 0 Å². The van der Waals surface area contributed by atoms with Crippen molar-refractivity contribution in [2.24, 2.45) is 0 Å². The van der Waals surface area contributed by atoms with E-state index in [2.05, 4.69) is 20.4 Å². The predicted octanol–water partition coefficient (Wildman–Crippen LogP) is 0.706. The van der Waals surface area contributed by atoms with E-state index in [4.69, 9.17) is 0 Å². The highest BCUT2D eigenvalue weighted by Gasteiger charge is 2.25. The third kappa shape index (κ3) is 3.36. The number of nitrogens with zero attached hydrogens (tertiary/aromatic N) is 5. The van der Waals surface area contributed by atoms with Crippen LogP contribution in [0.25, 0.3) is 5.69 Å². The monoisotopic (exact) mass is 339 g/mol. The van der Waals surface area contributed by atoms with Crippen LogP contribution in [0.4, 0.5) is 10.3 Å². The minimum absolute atomic E-state index is 0.120. The molecule has 7 heteroatoms. The van der Waals surface area contributed by atoms with Gasteiger partial charge in [0, 0.05) is 5.56 Å². The first-order valence-electron chi connectivity index (χ1n) is 8.47. The van der Waals surface area contributed by atoms with Crippen molar-refractivity contribution in [2.75, 3.05) is 31.1 Å². The maximum Gasteiger partial charge on any atom is 0.250 e. The lowest BCUT2D eigenvalue weighted by Gasteiger charge is -2.32. The summed E-state index contributed by atoms with van der Waals surface area (Å²) in [6, 6.07) is 16.9.